The van der Waals surface area contributed by atoms with Crippen molar-refractivity contribution in [2.75, 3.05) is 37.6 Å². The molecule has 1 unspecified atom stereocenters. The Bertz CT molecular complexity index is 1030. The summed E-state index contributed by atoms with van der Waals surface area (Å²) in [5.41, 5.74) is 2.09. The fourth-order valence-electron chi connectivity index (χ4n) is 4.46. The number of nitriles is 1. The van der Waals surface area contributed by atoms with E-state index in [9.17, 15) is 9.59 Å². The van der Waals surface area contributed by atoms with Gasteiger partial charge in [-0.3, -0.25) is 9.59 Å². The summed E-state index contributed by atoms with van der Waals surface area (Å²) in [4.78, 5) is 32.3. The SMILES string of the molecule is N#Cc1ccc(N2CCCN(C(=O)C3CCCN3C(=O)c3cc(Cl)cc(Cl)c3)CC2)cc1. The normalized spacial score (nSPS) is 18.9. The van der Waals surface area contributed by atoms with E-state index in [-0.39, 0.29) is 11.8 Å². The molecule has 0 radical (unpaired) electrons. The van der Waals surface area contributed by atoms with Crippen molar-refractivity contribution in [1.29, 1.82) is 5.26 Å². The Morgan fingerprint density at radius 2 is 1.62 bits per heavy atom. The number of carbonyl (C=O) groups excluding carboxylic acids is 2. The van der Waals surface area contributed by atoms with Gasteiger partial charge in [0, 0.05) is 54.0 Å². The van der Waals surface area contributed by atoms with Gasteiger partial charge in [0.1, 0.15) is 6.04 Å². The van der Waals surface area contributed by atoms with Crippen molar-refractivity contribution in [2.45, 2.75) is 25.3 Å². The summed E-state index contributed by atoms with van der Waals surface area (Å²) < 4.78 is 0. The van der Waals surface area contributed by atoms with Crippen LogP contribution in [0.5, 0.6) is 0 Å². The molecule has 2 heterocycles. The van der Waals surface area contributed by atoms with Crippen LogP contribution in [-0.2, 0) is 4.79 Å². The highest BCUT2D eigenvalue weighted by atomic mass is 35.5. The third-order valence-electron chi connectivity index (χ3n) is 6.08. The first-order chi connectivity index (χ1) is 15.5. The van der Waals surface area contributed by atoms with Gasteiger partial charge in [-0.25, -0.2) is 0 Å². The molecule has 2 amide bonds. The van der Waals surface area contributed by atoms with E-state index in [2.05, 4.69) is 11.0 Å². The van der Waals surface area contributed by atoms with Gasteiger partial charge in [0.2, 0.25) is 5.91 Å². The van der Waals surface area contributed by atoms with Crippen molar-refractivity contribution in [3.8, 4) is 6.07 Å². The maximum absolute atomic E-state index is 13.4. The fourth-order valence-corrected chi connectivity index (χ4v) is 4.99. The number of carbonyl (C=O) groups is 2. The maximum Gasteiger partial charge on any atom is 0.254 e. The van der Waals surface area contributed by atoms with Crippen molar-refractivity contribution in [1.82, 2.24) is 9.80 Å². The van der Waals surface area contributed by atoms with Crippen LogP contribution in [0, 0.1) is 11.3 Å². The molecule has 2 aromatic rings. The van der Waals surface area contributed by atoms with E-state index in [1.807, 2.05) is 29.2 Å². The Hall–Kier alpha value is -2.75. The number of likely N-dealkylation sites (tertiary alicyclic amines) is 1. The van der Waals surface area contributed by atoms with E-state index in [4.69, 9.17) is 28.5 Å². The summed E-state index contributed by atoms with van der Waals surface area (Å²) in [7, 11) is 0. The first-order valence-corrected chi connectivity index (χ1v) is 11.5. The van der Waals surface area contributed by atoms with E-state index in [0.717, 1.165) is 25.1 Å². The van der Waals surface area contributed by atoms with Gasteiger partial charge in [-0.15, -0.1) is 0 Å². The van der Waals surface area contributed by atoms with Crippen LogP contribution < -0.4 is 4.90 Å². The molecule has 4 rings (SSSR count). The van der Waals surface area contributed by atoms with Crippen molar-refractivity contribution in [2.24, 2.45) is 0 Å². The van der Waals surface area contributed by atoms with Crippen LogP contribution >= 0.6 is 23.2 Å². The summed E-state index contributed by atoms with van der Waals surface area (Å²) in [5.74, 6) is -0.204. The number of halogens is 2. The Morgan fingerprint density at radius 3 is 2.31 bits per heavy atom. The van der Waals surface area contributed by atoms with E-state index in [1.165, 1.54) is 0 Å². The average Bonchev–Trinajstić information content (AvgIpc) is 3.15. The van der Waals surface area contributed by atoms with Gasteiger partial charge < -0.3 is 14.7 Å². The smallest absolute Gasteiger partial charge is 0.254 e. The van der Waals surface area contributed by atoms with Crippen LogP contribution in [0.15, 0.2) is 42.5 Å². The van der Waals surface area contributed by atoms with Gasteiger partial charge in [-0.05, 0) is 61.7 Å². The molecule has 6 nitrogen and oxygen atoms in total. The van der Waals surface area contributed by atoms with Gasteiger partial charge in [0.05, 0.1) is 11.6 Å². The van der Waals surface area contributed by atoms with Crippen molar-refractivity contribution >= 4 is 40.7 Å². The monoisotopic (exact) mass is 470 g/mol. The summed E-state index contributed by atoms with van der Waals surface area (Å²) in [6.45, 7) is 3.35. The topological polar surface area (TPSA) is 67.7 Å². The minimum atomic E-state index is -0.457. The molecule has 2 saturated heterocycles. The van der Waals surface area contributed by atoms with Crippen LogP contribution in [0.25, 0.3) is 0 Å². The molecule has 2 fully saturated rings. The second-order valence-corrected chi connectivity index (χ2v) is 9.01. The minimum Gasteiger partial charge on any atom is -0.370 e. The zero-order valence-corrected chi connectivity index (χ0v) is 19.1. The lowest BCUT2D eigenvalue weighted by Gasteiger charge is -2.30. The summed E-state index contributed by atoms with van der Waals surface area (Å²) in [5, 5.41) is 9.80. The number of rotatable bonds is 3. The molecule has 0 spiro atoms. The highest BCUT2D eigenvalue weighted by molar-refractivity contribution is 6.35. The summed E-state index contributed by atoms with van der Waals surface area (Å²) in [6.07, 6.45) is 2.30. The van der Waals surface area contributed by atoms with Gasteiger partial charge >= 0.3 is 0 Å². The molecule has 0 aromatic heterocycles. The van der Waals surface area contributed by atoms with Crippen molar-refractivity contribution in [3.63, 3.8) is 0 Å². The zero-order valence-electron chi connectivity index (χ0n) is 17.6. The number of amides is 2. The highest BCUT2D eigenvalue weighted by Gasteiger charge is 2.37. The van der Waals surface area contributed by atoms with E-state index >= 15 is 0 Å². The van der Waals surface area contributed by atoms with Gasteiger partial charge in [0.15, 0.2) is 0 Å². The van der Waals surface area contributed by atoms with Gasteiger partial charge in [-0.1, -0.05) is 23.2 Å². The van der Waals surface area contributed by atoms with E-state index < -0.39 is 6.04 Å². The molecule has 0 N–H and O–H groups in total. The second-order valence-electron chi connectivity index (χ2n) is 8.14. The lowest BCUT2D eigenvalue weighted by molar-refractivity contribution is -0.135. The Labute approximate surface area is 197 Å². The third kappa shape index (κ3) is 4.85. The molecule has 2 aromatic carbocycles. The molecular formula is C24H24Cl2N4O2. The summed E-state index contributed by atoms with van der Waals surface area (Å²) in [6, 6.07) is 14.0. The van der Waals surface area contributed by atoms with E-state index in [1.54, 1.807) is 23.1 Å². The van der Waals surface area contributed by atoms with Crippen LogP contribution in [0.4, 0.5) is 5.69 Å². The van der Waals surface area contributed by atoms with Crippen molar-refractivity contribution < 1.29 is 9.59 Å². The summed E-state index contributed by atoms with van der Waals surface area (Å²) >= 11 is 12.1. The predicted molar refractivity (Wildman–Crippen MR) is 125 cm³/mol. The lowest BCUT2D eigenvalue weighted by atomic mass is 10.1. The van der Waals surface area contributed by atoms with E-state index in [0.29, 0.717) is 53.8 Å². The molecule has 166 valence electrons. The van der Waals surface area contributed by atoms with Crippen LogP contribution in [-0.4, -0.2) is 60.4 Å². The molecule has 8 heteroatoms. The molecule has 1 atom stereocenters. The quantitative estimate of drug-likeness (QED) is 0.673. The molecule has 2 aliphatic heterocycles. The molecule has 32 heavy (non-hydrogen) atoms. The van der Waals surface area contributed by atoms with Crippen LogP contribution in [0.2, 0.25) is 10.0 Å². The van der Waals surface area contributed by atoms with Gasteiger partial charge in [-0.2, -0.15) is 5.26 Å². The lowest BCUT2D eigenvalue weighted by Crippen LogP contribution is -2.48. The zero-order chi connectivity index (χ0) is 22.7. The molecule has 2 aliphatic rings. The maximum atomic E-state index is 13.4. The average molecular weight is 471 g/mol. The number of hydrogen-bond donors (Lipinski definition) is 0. The number of nitrogens with zero attached hydrogens (tertiary/aromatic N) is 4. The first-order valence-electron chi connectivity index (χ1n) is 10.8. The molecule has 0 aliphatic carbocycles. The molecule has 0 saturated carbocycles. The largest absolute Gasteiger partial charge is 0.370 e. The van der Waals surface area contributed by atoms with Crippen LogP contribution in [0.3, 0.4) is 0 Å². The van der Waals surface area contributed by atoms with Crippen LogP contribution in [0.1, 0.15) is 35.2 Å². The number of hydrogen-bond acceptors (Lipinski definition) is 4. The fraction of sp³-hybridized carbons (Fsp3) is 0.375. The first kappa shape index (κ1) is 22.4. The Kier molecular flexibility index (Phi) is 6.88. The molecular weight excluding hydrogens is 447 g/mol. The Morgan fingerprint density at radius 1 is 0.906 bits per heavy atom. The van der Waals surface area contributed by atoms with Crippen molar-refractivity contribution in [3.05, 3.63) is 63.6 Å². The standard InChI is InChI=1S/C24H24Cl2N4O2/c25-19-13-18(14-20(26)15-19)23(31)30-10-1-3-22(30)24(32)29-9-2-8-28(11-12-29)21-6-4-17(16-27)5-7-21/h4-7,13-15,22H,1-3,8-12H2. The third-order valence-corrected chi connectivity index (χ3v) is 6.51. The highest BCUT2D eigenvalue weighted by Crippen LogP contribution is 2.26. The number of anilines is 1. The predicted octanol–water partition coefficient (Wildman–Crippen LogP) is 4.21. The molecule has 0 bridgehead atoms. The second kappa shape index (κ2) is 9.81. The van der Waals surface area contributed by atoms with Gasteiger partial charge in [0.25, 0.3) is 5.91 Å². The minimum absolute atomic E-state index is 0.00523. The Balaban J connectivity index is 1.43. The number of benzene rings is 2.